The van der Waals surface area contributed by atoms with Crippen LogP contribution in [0, 0.1) is 0 Å². The van der Waals surface area contributed by atoms with E-state index in [4.69, 9.17) is 23.2 Å². The molecular formula is C7H7Cl2F3N4. The summed E-state index contributed by atoms with van der Waals surface area (Å²) in [6.45, 7) is 1.35. The van der Waals surface area contributed by atoms with Crippen molar-refractivity contribution in [1.29, 1.82) is 0 Å². The van der Waals surface area contributed by atoms with Gasteiger partial charge in [0.1, 0.15) is 0 Å². The zero-order valence-corrected chi connectivity index (χ0v) is 9.53. The molecular weight excluding hydrogens is 268 g/mol. The summed E-state index contributed by atoms with van der Waals surface area (Å²) >= 11 is 10.9. The van der Waals surface area contributed by atoms with Crippen molar-refractivity contribution in [2.75, 3.05) is 5.32 Å². The highest BCUT2D eigenvalue weighted by Crippen LogP contribution is 2.22. The molecule has 0 amide bonds. The average molecular weight is 275 g/mol. The van der Waals surface area contributed by atoms with Gasteiger partial charge >= 0.3 is 6.18 Å². The van der Waals surface area contributed by atoms with E-state index in [0.717, 1.165) is 0 Å². The molecule has 0 aliphatic carbocycles. The Morgan fingerprint density at radius 3 is 2.12 bits per heavy atom. The molecule has 0 aromatic carbocycles. The quantitative estimate of drug-likeness (QED) is 0.921. The monoisotopic (exact) mass is 274 g/mol. The van der Waals surface area contributed by atoms with E-state index in [9.17, 15) is 13.2 Å². The molecule has 1 heterocycles. The highest BCUT2D eigenvalue weighted by Gasteiger charge is 2.30. The van der Waals surface area contributed by atoms with E-state index in [-0.39, 0.29) is 16.5 Å². The predicted molar refractivity (Wildman–Crippen MR) is 53.6 cm³/mol. The van der Waals surface area contributed by atoms with Gasteiger partial charge in [0.05, 0.1) is 6.42 Å². The Balaban J connectivity index is 2.66. The Labute approximate surface area is 99.2 Å². The van der Waals surface area contributed by atoms with Crippen molar-refractivity contribution in [3.05, 3.63) is 10.6 Å². The normalized spacial score (nSPS) is 13.6. The van der Waals surface area contributed by atoms with Crippen molar-refractivity contribution in [3.63, 3.8) is 0 Å². The fourth-order valence-corrected chi connectivity index (χ4v) is 1.37. The third-order valence-corrected chi connectivity index (χ3v) is 1.83. The highest BCUT2D eigenvalue weighted by molar-refractivity contribution is 6.31. The average Bonchev–Trinajstić information content (AvgIpc) is 1.96. The first-order chi connectivity index (χ1) is 7.26. The van der Waals surface area contributed by atoms with Crippen molar-refractivity contribution in [2.24, 2.45) is 0 Å². The molecule has 4 nitrogen and oxygen atoms in total. The SMILES string of the molecule is CC(CC(F)(F)F)Nc1nc(Cl)nc(Cl)n1. The summed E-state index contributed by atoms with van der Waals surface area (Å²) in [6.07, 6.45) is -5.26. The number of rotatable bonds is 3. The lowest BCUT2D eigenvalue weighted by Crippen LogP contribution is -2.25. The van der Waals surface area contributed by atoms with Gasteiger partial charge in [0.25, 0.3) is 0 Å². The van der Waals surface area contributed by atoms with Crippen LogP contribution in [0.2, 0.25) is 10.6 Å². The first kappa shape index (κ1) is 13.2. The van der Waals surface area contributed by atoms with Crippen LogP contribution in [0.5, 0.6) is 0 Å². The summed E-state index contributed by atoms with van der Waals surface area (Å²) in [7, 11) is 0. The molecule has 1 rings (SSSR count). The molecule has 0 radical (unpaired) electrons. The minimum Gasteiger partial charge on any atom is -0.351 e. The smallest absolute Gasteiger partial charge is 0.351 e. The number of hydrogen-bond acceptors (Lipinski definition) is 4. The number of nitrogens with one attached hydrogen (secondary N) is 1. The number of aromatic nitrogens is 3. The fourth-order valence-electron chi connectivity index (χ4n) is 1.01. The van der Waals surface area contributed by atoms with E-state index in [1.165, 1.54) is 6.92 Å². The van der Waals surface area contributed by atoms with Gasteiger partial charge in [-0.2, -0.15) is 28.1 Å². The second-order valence-corrected chi connectivity index (χ2v) is 3.74. The van der Waals surface area contributed by atoms with Crippen molar-refractivity contribution in [3.8, 4) is 0 Å². The summed E-state index contributed by atoms with van der Waals surface area (Å²) in [5.41, 5.74) is 0. The molecule has 0 fully saturated rings. The van der Waals surface area contributed by atoms with E-state index in [1.54, 1.807) is 0 Å². The molecule has 1 atom stereocenters. The van der Waals surface area contributed by atoms with Crippen molar-refractivity contribution < 1.29 is 13.2 Å². The van der Waals surface area contributed by atoms with E-state index in [0.29, 0.717) is 0 Å². The molecule has 90 valence electrons. The molecule has 1 N–H and O–H groups in total. The molecule has 0 bridgehead atoms. The van der Waals surface area contributed by atoms with Gasteiger partial charge in [0.2, 0.25) is 16.5 Å². The molecule has 1 aromatic rings. The predicted octanol–water partition coefficient (Wildman–Crippen LogP) is 2.93. The van der Waals surface area contributed by atoms with Crippen LogP contribution in [-0.2, 0) is 0 Å². The maximum Gasteiger partial charge on any atom is 0.391 e. The van der Waals surface area contributed by atoms with Crippen LogP contribution >= 0.6 is 23.2 Å². The Kier molecular flexibility index (Phi) is 4.15. The topological polar surface area (TPSA) is 50.7 Å². The molecule has 0 spiro atoms. The lowest BCUT2D eigenvalue weighted by atomic mass is 10.2. The molecule has 0 aliphatic heterocycles. The maximum absolute atomic E-state index is 12.0. The van der Waals surface area contributed by atoms with Gasteiger partial charge in [0.15, 0.2) is 0 Å². The molecule has 1 unspecified atom stereocenters. The Morgan fingerprint density at radius 1 is 1.19 bits per heavy atom. The minimum absolute atomic E-state index is 0.0817. The van der Waals surface area contributed by atoms with Crippen molar-refractivity contribution in [1.82, 2.24) is 15.0 Å². The molecule has 9 heteroatoms. The molecule has 0 aliphatic rings. The van der Waals surface area contributed by atoms with Gasteiger partial charge < -0.3 is 5.32 Å². The Morgan fingerprint density at radius 2 is 1.69 bits per heavy atom. The van der Waals surface area contributed by atoms with Crippen molar-refractivity contribution >= 4 is 29.2 Å². The molecule has 0 saturated carbocycles. The largest absolute Gasteiger partial charge is 0.391 e. The van der Waals surface area contributed by atoms with Crippen LogP contribution in [0.3, 0.4) is 0 Å². The van der Waals surface area contributed by atoms with Crippen LogP contribution in [0.15, 0.2) is 0 Å². The fraction of sp³-hybridized carbons (Fsp3) is 0.571. The number of nitrogens with zero attached hydrogens (tertiary/aromatic N) is 3. The van der Waals surface area contributed by atoms with Gasteiger partial charge in [0, 0.05) is 6.04 Å². The summed E-state index contributed by atoms with van der Waals surface area (Å²) in [4.78, 5) is 10.6. The van der Waals surface area contributed by atoms with E-state index in [1.807, 2.05) is 0 Å². The lowest BCUT2D eigenvalue weighted by molar-refractivity contribution is -0.136. The van der Waals surface area contributed by atoms with Gasteiger partial charge in [-0.1, -0.05) is 0 Å². The molecule has 0 saturated heterocycles. The number of halogens is 5. The third-order valence-electron chi connectivity index (χ3n) is 1.49. The second kappa shape index (κ2) is 5.01. The Hall–Kier alpha value is -0.820. The molecule has 16 heavy (non-hydrogen) atoms. The highest BCUT2D eigenvalue weighted by atomic mass is 35.5. The Bertz CT molecular complexity index is 351. The second-order valence-electron chi connectivity index (χ2n) is 3.06. The van der Waals surface area contributed by atoms with Crippen LogP contribution in [-0.4, -0.2) is 27.2 Å². The first-order valence-electron chi connectivity index (χ1n) is 4.16. The van der Waals surface area contributed by atoms with E-state index in [2.05, 4.69) is 20.3 Å². The van der Waals surface area contributed by atoms with Crippen LogP contribution < -0.4 is 5.32 Å². The standard InChI is InChI=1S/C7H7Cl2F3N4/c1-3(2-7(10,11)12)13-6-15-4(8)14-5(9)16-6/h3H,2H2,1H3,(H,13,14,15,16). The number of anilines is 1. The zero-order valence-electron chi connectivity index (χ0n) is 8.02. The van der Waals surface area contributed by atoms with Crippen LogP contribution in [0.4, 0.5) is 19.1 Å². The number of alkyl halides is 3. The van der Waals surface area contributed by atoms with E-state index < -0.39 is 18.6 Å². The summed E-state index contributed by atoms with van der Waals surface area (Å²) < 4.78 is 36.1. The van der Waals surface area contributed by atoms with E-state index >= 15 is 0 Å². The van der Waals surface area contributed by atoms with Crippen LogP contribution in [0.25, 0.3) is 0 Å². The summed E-state index contributed by atoms with van der Waals surface area (Å²) in [5.74, 6) is -0.0817. The summed E-state index contributed by atoms with van der Waals surface area (Å²) in [6, 6.07) is -0.880. The van der Waals surface area contributed by atoms with Gasteiger partial charge in [-0.3, -0.25) is 0 Å². The van der Waals surface area contributed by atoms with Gasteiger partial charge in [-0.25, -0.2) is 0 Å². The van der Waals surface area contributed by atoms with Gasteiger partial charge in [-0.05, 0) is 30.1 Å². The lowest BCUT2D eigenvalue weighted by Gasteiger charge is -2.15. The summed E-state index contributed by atoms with van der Waals surface area (Å²) in [5, 5.41) is 2.07. The van der Waals surface area contributed by atoms with Gasteiger partial charge in [-0.15, -0.1) is 0 Å². The van der Waals surface area contributed by atoms with Crippen LogP contribution in [0.1, 0.15) is 13.3 Å². The number of hydrogen-bond donors (Lipinski definition) is 1. The zero-order chi connectivity index (χ0) is 12.3. The first-order valence-corrected chi connectivity index (χ1v) is 4.92. The minimum atomic E-state index is -4.26. The molecule has 1 aromatic heterocycles. The van der Waals surface area contributed by atoms with Crippen molar-refractivity contribution in [2.45, 2.75) is 25.6 Å². The third kappa shape index (κ3) is 4.80. The maximum atomic E-state index is 12.0.